The van der Waals surface area contributed by atoms with E-state index >= 15 is 0 Å². The molecule has 31 heavy (non-hydrogen) atoms. The average Bonchev–Trinajstić information content (AvgIpc) is 3.19. The van der Waals surface area contributed by atoms with Crippen molar-refractivity contribution >= 4 is 41.7 Å². The Morgan fingerprint density at radius 1 is 1.13 bits per heavy atom. The van der Waals surface area contributed by atoms with Crippen molar-refractivity contribution in [1.82, 2.24) is 25.2 Å². The zero-order chi connectivity index (χ0) is 21.2. The number of hydrogen-bond acceptors (Lipinski definition) is 4. The van der Waals surface area contributed by atoms with Gasteiger partial charge in [0.05, 0.1) is 6.54 Å². The number of aliphatic imine (C=N–C) groups is 1. The van der Waals surface area contributed by atoms with E-state index in [4.69, 9.17) is 0 Å². The van der Waals surface area contributed by atoms with Gasteiger partial charge in [0.25, 0.3) is 0 Å². The predicted molar refractivity (Wildman–Crippen MR) is 136 cm³/mol. The zero-order valence-corrected chi connectivity index (χ0v) is 20.9. The fourth-order valence-electron chi connectivity index (χ4n) is 2.78. The van der Waals surface area contributed by atoms with Crippen LogP contribution in [0, 0.1) is 12.7 Å². The standard InChI is InChI=1S/C22H27FN6S.HI/c1-3-24-22(26-11-4-14-30-20-8-6-19(23)7-9-20)28-16-18-5-10-21(27-15-18)29-13-12-25-17(29)2;/h5-10,12-13,15H,3-4,11,14,16H2,1-2H3,(H2,24,26,28);1H. The molecule has 0 aliphatic heterocycles. The summed E-state index contributed by atoms with van der Waals surface area (Å²) in [6.45, 7) is 6.16. The van der Waals surface area contributed by atoms with Crippen LogP contribution in [0.3, 0.4) is 0 Å². The van der Waals surface area contributed by atoms with E-state index in [0.717, 1.165) is 53.3 Å². The molecule has 0 amide bonds. The number of imidazole rings is 1. The lowest BCUT2D eigenvalue weighted by atomic mass is 10.3. The molecule has 9 heteroatoms. The number of thioether (sulfide) groups is 1. The Balaban J connectivity index is 0.00000341. The van der Waals surface area contributed by atoms with E-state index in [2.05, 4.69) is 25.6 Å². The van der Waals surface area contributed by atoms with E-state index in [1.54, 1.807) is 18.0 Å². The van der Waals surface area contributed by atoms with Gasteiger partial charge in [0.15, 0.2) is 5.96 Å². The molecule has 0 bridgehead atoms. The summed E-state index contributed by atoms with van der Waals surface area (Å²) in [6, 6.07) is 10.6. The lowest BCUT2D eigenvalue weighted by molar-refractivity contribution is 0.626. The van der Waals surface area contributed by atoms with Gasteiger partial charge in [-0.1, -0.05) is 6.07 Å². The number of pyridine rings is 1. The third-order valence-electron chi connectivity index (χ3n) is 4.34. The molecule has 0 saturated heterocycles. The highest BCUT2D eigenvalue weighted by atomic mass is 127. The summed E-state index contributed by atoms with van der Waals surface area (Å²) in [5, 5.41) is 6.63. The number of guanidine groups is 1. The molecule has 0 saturated carbocycles. The second-order valence-corrected chi connectivity index (χ2v) is 7.82. The van der Waals surface area contributed by atoms with Gasteiger partial charge < -0.3 is 10.6 Å². The number of rotatable bonds is 9. The SMILES string of the molecule is CCNC(=NCc1ccc(-n2ccnc2C)nc1)NCCCSc1ccc(F)cc1.I. The number of hydrogen-bond donors (Lipinski definition) is 2. The number of halogens is 2. The highest BCUT2D eigenvalue weighted by Crippen LogP contribution is 2.18. The maximum absolute atomic E-state index is 12.9. The number of nitrogens with zero attached hydrogens (tertiary/aromatic N) is 4. The second-order valence-electron chi connectivity index (χ2n) is 6.65. The second kappa shape index (κ2) is 13.3. The highest BCUT2D eigenvalue weighted by molar-refractivity contribution is 14.0. The summed E-state index contributed by atoms with van der Waals surface area (Å²) in [7, 11) is 0. The number of nitrogens with one attached hydrogen (secondary N) is 2. The average molecular weight is 554 g/mol. The molecule has 0 spiro atoms. The smallest absolute Gasteiger partial charge is 0.191 e. The monoisotopic (exact) mass is 554 g/mol. The van der Waals surface area contributed by atoms with Crippen molar-refractivity contribution in [3.63, 3.8) is 0 Å². The first-order chi connectivity index (χ1) is 14.7. The Kier molecular flexibility index (Phi) is 10.8. The molecule has 0 aliphatic carbocycles. The summed E-state index contributed by atoms with van der Waals surface area (Å²) in [5.41, 5.74) is 1.04. The Bertz CT molecular complexity index is 943. The first-order valence-electron chi connectivity index (χ1n) is 10.0. The third kappa shape index (κ3) is 8.13. The van der Waals surface area contributed by atoms with Crippen LogP contribution in [-0.4, -0.2) is 39.3 Å². The number of aromatic nitrogens is 3. The molecule has 2 aromatic heterocycles. The van der Waals surface area contributed by atoms with Crippen molar-refractivity contribution in [1.29, 1.82) is 0 Å². The fraction of sp³-hybridized carbons (Fsp3) is 0.318. The molecule has 0 fully saturated rings. The fourth-order valence-corrected chi connectivity index (χ4v) is 3.64. The number of aryl methyl sites for hydroxylation is 1. The Morgan fingerprint density at radius 2 is 1.94 bits per heavy atom. The molecular formula is C22H28FIN6S. The first kappa shape index (κ1) is 25.1. The molecule has 0 atom stereocenters. The molecule has 0 radical (unpaired) electrons. The summed E-state index contributed by atoms with van der Waals surface area (Å²) in [5.74, 6) is 3.30. The van der Waals surface area contributed by atoms with Crippen LogP contribution in [0.1, 0.15) is 24.7 Å². The molecule has 3 rings (SSSR count). The molecule has 0 unspecified atom stereocenters. The van der Waals surface area contributed by atoms with Gasteiger partial charge in [-0.3, -0.25) is 4.57 Å². The predicted octanol–water partition coefficient (Wildman–Crippen LogP) is 4.57. The van der Waals surface area contributed by atoms with Crippen molar-refractivity contribution in [3.05, 3.63) is 72.2 Å². The lowest BCUT2D eigenvalue weighted by Gasteiger charge is -2.11. The maximum atomic E-state index is 12.9. The van der Waals surface area contributed by atoms with Crippen LogP contribution >= 0.6 is 35.7 Å². The topological polar surface area (TPSA) is 67.1 Å². The van der Waals surface area contributed by atoms with Crippen molar-refractivity contribution in [2.75, 3.05) is 18.8 Å². The summed E-state index contributed by atoms with van der Waals surface area (Å²) < 4.78 is 14.9. The van der Waals surface area contributed by atoms with E-state index in [1.165, 1.54) is 12.1 Å². The van der Waals surface area contributed by atoms with Gasteiger partial charge in [-0.25, -0.2) is 19.4 Å². The Morgan fingerprint density at radius 3 is 2.58 bits per heavy atom. The first-order valence-corrected chi connectivity index (χ1v) is 11.0. The van der Waals surface area contributed by atoms with Crippen LogP contribution in [-0.2, 0) is 6.54 Å². The van der Waals surface area contributed by atoms with Crippen molar-refractivity contribution in [3.8, 4) is 5.82 Å². The Labute approximate surface area is 204 Å². The zero-order valence-electron chi connectivity index (χ0n) is 17.7. The van der Waals surface area contributed by atoms with Crippen LogP contribution in [0.5, 0.6) is 0 Å². The maximum Gasteiger partial charge on any atom is 0.191 e. The summed E-state index contributed by atoms with van der Waals surface area (Å²) in [4.78, 5) is 14.5. The largest absolute Gasteiger partial charge is 0.357 e. The van der Waals surface area contributed by atoms with Crippen molar-refractivity contribution < 1.29 is 4.39 Å². The number of benzene rings is 1. The molecule has 1 aromatic carbocycles. The van der Waals surface area contributed by atoms with Gasteiger partial charge in [0, 0.05) is 36.6 Å². The Hall–Kier alpha value is -2.14. The van der Waals surface area contributed by atoms with Crippen molar-refractivity contribution in [2.45, 2.75) is 31.7 Å². The van der Waals surface area contributed by atoms with E-state index in [0.29, 0.717) is 6.54 Å². The van der Waals surface area contributed by atoms with Gasteiger partial charge in [0.1, 0.15) is 17.5 Å². The van der Waals surface area contributed by atoms with Crippen LogP contribution in [0.15, 0.2) is 64.9 Å². The molecule has 0 aliphatic rings. The lowest BCUT2D eigenvalue weighted by Crippen LogP contribution is -2.37. The highest BCUT2D eigenvalue weighted by Gasteiger charge is 2.03. The quantitative estimate of drug-likeness (QED) is 0.133. The molecule has 2 N–H and O–H groups in total. The molecular weight excluding hydrogens is 526 g/mol. The van der Waals surface area contributed by atoms with E-state index in [1.807, 2.05) is 55.1 Å². The van der Waals surface area contributed by atoms with Gasteiger partial charge in [-0.05, 0) is 61.9 Å². The van der Waals surface area contributed by atoms with Gasteiger partial charge in [0.2, 0.25) is 0 Å². The van der Waals surface area contributed by atoms with Crippen LogP contribution in [0.2, 0.25) is 0 Å². The summed E-state index contributed by atoms with van der Waals surface area (Å²) in [6.07, 6.45) is 6.49. The normalized spacial score (nSPS) is 11.1. The van der Waals surface area contributed by atoms with Crippen LogP contribution in [0.25, 0.3) is 5.82 Å². The third-order valence-corrected chi connectivity index (χ3v) is 5.44. The minimum Gasteiger partial charge on any atom is -0.357 e. The molecule has 166 valence electrons. The van der Waals surface area contributed by atoms with E-state index < -0.39 is 0 Å². The molecule has 2 heterocycles. The van der Waals surface area contributed by atoms with Gasteiger partial charge >= 0.3 is 0 Å². The summed E-state index contributed by atoms with van der Waals surface area (Å²) >= 11 is 1.72. The van der Waals surface area contributed by atoms with E-state index in [9.17, 15) is 4.39 Å². The van der Waals surface area contributed by atoms with E-state index in [-0.39, 0.29) is 29.8 Å². The van der Waals surface area contributed by atoms with Gasteiger partial charge in [-0.15, -0.1) is 35.7 Å². The minimum absolute atomic E-state index is 0. The van der Waals surface area contributed by atoms with Crippen LogP contribution < -0.4 is 10.6 Å². The molecule has 3 aromatic rings. The molecule has 6 nitrogen and oxygen atoms in total. The minimum atomic E-state index is -0.200. The van der Waals surface area contributed by atoms with Crippen LogP contribution in [0.4, 0.5) is 4.39 Å². The van der Waals surface area contributed by atoms with Gasteiger partial charge in [-0.2, -0.15) is 0 Å². The van der Waals surface area contributed by atoms with Crippen molar-refractivity contribution in [2.24, 2.45) is 4.99 Å².